The van der Waals surface area contributed by atoms with E-state index in [0.29, 0.717) is 0 Å². The Balaban J connectivity index is 3.95. The minimum Gasteiger partial charge on any atom is -0.366 e. The summed E-state index contributed by atoms with van der Waals surface area (Å²) in [5, 5.41) is 0. The van der Waals surface area contributed by atoms with Crippen LogP contribution >= 0.6 is 0 Å². The van der Waals surface area contributed by atoms with Crippen LogP contribution in [0.4, 0.5) is 0 Å². The van der Waals surface area contributed by atoms with Crippen LogP contribution in [-0.2, 0) is 4.79 Å². The average Bonchev–Trinajstić information content (AvgIpc) is 2.27. The first-order valence-electron chi connectivity index (χ1n) is 6.73. The van der Waals surface area contributed by atoms with Crippen molar-refractivity contribution in [3.8, 4) is 0 Å². The minimum atomic E-state index is -0.353. The molecular formula is C16H27NO. The molecule has 2 heteroatoms. The van der Waals surface area contributed by atoms with Gasteiger partial charge in [-0.25, -0.2) is 0 Å². The van der Waals surface area contributed by atoms with E-state index in [4.69, 9.17) is 5.73 Å². The van der Waals surface area contributed by atoms with E-state index in [-0.39, 0.29) is 5.91 Å². The van der Waals surface area contributed by atoms with Gasteiger partial charge in [-0.05, 0) is 52.9 Å². The highest BCUT2D eigenvalue weighted by molar-refractivity contribution is 5.86. The van der Waals surface area contributed by atoms with Crippen molar-refractivity contribution in [2.24, 2.45) is 5.73 Å². The molecule has 2 nitrogen and oxygen atoms in total. The average molecular weight is 249 g/mol. The molecule has 18 heavy (non-hydrogen) atoms. The second-order valence-corrected chi connectivity index (χ2v) is 4.92. The Bertz CT molecular complexity index is 348. The lowest BCUT2D eigenvalue weighted by Crippen LogP contribution is -2.06. The van der Waals surface area contributed by atoms with Gasteiger partial charge in [0.1, 0.15) is 0 Å². The van der Waals surface area contributed by atoms with Crippen molar-refractivity contribution in [1.29, 1.82) is 0 Å². The van der Waals surface area contributed by atoms with Crippen LogP contribution in [0, 0.1) is 0 Å². The Morgan fingerprint density at radius 3 is 1.94 bits per heavy atom. The SMILES string of the molecule is CCC(C)=CCCC(C)=CCCC(C)=CC(N)=O. The summed E-state index contributed by atoms with van der Waals surface area (Å²) in [5.41, 5.74) is 9.02. The van der Waals surface area contributed by atoms with E-state index >= 15 is 0 Å². The molecule has 0 fully saturated rings. The molecule has 0 rings (SSSR count). The molecule has 0 aromatic heterocycles. The molecule has 0 saturated heterocycles. The first-order chi connectivity index (χ1) is 8.45. The maximum Gasteiger partial charge on any atom is 0.241 e. The number of hydrogen-bond donors (Lipinski definition) is 1. The molecular weight excluding hydrogens is 222 g/mol. The fraction of sp³-hybridized carbons (Fsp3) is 0.562. The van der Waals surface area contributed by atoms with Gasteiger partial charge in [0, 0.05) is 6.08 Å². The Labute approximate surface area is 112 Å². The lowest BCUT2D eigenvalue weighted by Gasteiger charge is -2.01. The first-order valence-corrected chi connectivity index (χ1v) is 6.73. The molecule has 0 heterocycles. The Kier molecular flexibility index (Phi) is 8.99. The summed E-state index contributed by atoms with van der Waals surface area (Å²) in [4.78, 5) is 10.7. The number of hydrogen-bond acceptors (Lipinski definition) is 1. The number of allylic oxidation sites excluding steroid dienone is 5. The van der Waals surface area contributed by atoms with Crippen LogP contribution in [0.15, 0.2) is 34.9 Å². The van der Waals surface area contributed by atoms with E-state index < -0.39 is 0 Å². The van der Waals surface area contributed by atoms with E-state index in [9.17, 15) is 4.79 Å². The van der Waals surface area contributed by atoms with Crippen LogP contribution in [0.5, 0.6) is 0 Å². The molecule has 0 aliphatic heterocycles. The van der Waals surface area contributed by atoms with Crippen molar-refractivity contribution < 1.29 is 4.79 Å². The van der Waals surface area contributed by atoms with Gasteiger partial charge in [-0.3, -0.25) is 4.79 Å². The maximum absolute atomic E-state index is 10.7. The fourth-order valence-electron chi connectivity index (χ4n) is 1.65. The van der Waals surface area contributed by atoms with Crippen molar-refractivity contribution >= 4 is 5.91 Å². The Hall–Kier alpha value is -1.31. The maximum atomic E-state index is 10.7. The summed E-state index contributed by atoms with van der Waals surface area (Å²) in [6.45, 7) is 8.48. The van der Waals surface area contributed by atoms with E-state index in [1.807, 2.05) is 6.92 Å². The van der Waals surface area contributed by atoms with E-state index in [0.717, 1.165) is 37.7 Å². The molecule has 0 aromatic rings. The van der Waals surface area contributed by atoms with E-state index in [2.05, 4.69) is 32.9 Å². The summed E-state index contributed by atoms with van der Waals surface area (Å²) in [6.07, 6.45) is 11.4. The van der Waals surface area contributed by atoms with Crippen molar-refractivity contribution in [2.45, 2.75) is 59.8 Å². The molecule has 0 aromatic carbocycles. The predicted molar refractivity (Wildman–Crippen MR) is 79.2 cm³/mol. The molecule has 0 atom stereocenters. The Morgan fingerprint density at radius 1 is 0.944 bits per heavy atom. The number of amides is 1. The highest BCUT2D eigenvalue weighted by Gasteiger charge is 1.93. The topological polar surface area (TPSA) is 43.1 Å². The number of nitrogens with two attached hydrogens (primary N) is 1. The van der Waals surface area contributed by atoms with Gasteiger partial charge >= 0.3 is 0 Å². The molecule has 0 bridgehead atoms. The molecule has 0 radical (unpaired) electrons. The zero-order valence-corrected chi connectivity index (χ0v) is 12.3. The number of primary amides is 1. The third-order valence-corrected chi connectivity index (χ3v) is 3.01. The lowest BCUT2D eigenvalue weighted by molar-refractivity contribution is -0.113. The van der Waals surface area contributed by atoms with E-state index in [1.54, 1.807) is 0 Å². The van der Waals surface area contributed by atoms with Crippen LogP contribution in [0.25, 0.3) is 0 Å². The first kappa shape index (κ1) is 16.7. The number of carbonyl (C=O) groups is 1. The quantitative estimate of drug-likeness (QED) is 0.506. The molecule has 0 aliphatic carbocycles. The molecule has 1 amide bonds. The van der Waals surface area contributed by atoms with Crippen molar-refractivity contribution in [1.82, 2.24) is 0 Å². The summed E-state index contributed by atoms with van der Waals surface area (Å²) < 4.78 is 0. The summed E-state index contributed by atoms with van der Waals surface area (Å²) in [5.74, 6) is -0.353. The van der Waals surface area contributed by atoms with Crippen LogP contribution in [0.2, 0.25) is 0 Å². The van der Waals surface area contributed by atoms with E-state index in [1.165, 1.54) is 17.2 Å². The van der Waals surface area contributed by atoms with Gasteiger partial charge in [-0.2, -0.15) is 0 Å². The zero-order chi connectivity index (χ0) is 14.0. The van der Waals surface area contributed by atoms with Crippen LogP contribution in [0.1, 0.15) is 59.8 Å². The van der Waals surface area contributed by atoms with Gasteiger partial charge in [-0.15, -0.1) is 0 Å². The lowest BCUT2D eigenvalue weighted by atomic mass is 10.1. The van der Waals surface area contributed by atoms with Gasteiger partial charge in [-0.1, -0.05) is 35.8 Å². The van der Waals surface area contributed by atoms with Crippen molar-refractivity contribution in [2.75, 3.05) is 0 Å². The second-order valence-electron chi connectivity index (χ2n) is 4.92. The van der Waals surface area contributed by atoms with Crippen molar-refractivity contribution in [3.05, 3.63) is 34.9 Å². The third kappa shape index (κ3) is 9.88. The largest absolute Gasteiger partial charge is 0.366 e. The minimum absolute atomic E-state index is 0.353. The predicted octanol–water partition coefficient (Wildman–Crippen LogP) is 4.28. The zero-order valence-electron chi connectivity index (χ0n) is 12.3. The molecule has 0 unspecified atom stereocenters. The normalized spacial score (nSPS) is 13.9. The highest BCUT2D eigenvalue weighted by Crippen LogP contribution is 2.11. The monoisotopic (exact) mass is 249 g/mol. The van der Waals surface area contributed by atoms with Gasteiger partial charge < -0.3 is 5.73 Å². The van der Waals surface area contributed by atoms with Gasteiger partial charge in [0.15, 0.2) is 0 Å². The van der Waals surface area contributed by atoms with Gasteiger partial charge in [0.05, 0.1) is 0 Å². The standard InChI is InChI=1S/C16H27NO/c1-5-13(2)8-6-9-14(3)10-7-11-15(4)12-16(17)18/h8,10,12H,5-7,9,11H2,1-4H3,(H2,17,18). The summed E-state index contributed by atoms with van der Waals surface area (Å²) >= 11 is 0. The van der Waals surface area contributed by atoms with Crippen LogP contribution in [0.3, 0.4) is 0 Å². The van der Waals surface area contributed by atoms with Gasteiger partial charge in [0.2, 0.25) is 5.91 Å². The smallest absolute Gasteiger partial charge is 0.241 e. The summed E-state index contributed by atoms with van der Waals surface area (Å²) in [6, 6.07) is 0. The molecule has 0 saturated carbocycles. The van der Waals surface area contributed by atoms with Crippen LogP contribution < -0.4 is 5.73 Å². The second kappa shape index (κ2) is 9.69. The fourth-order valence-corrected chi connectivity index (χ4v) is 1.65. The van der Waals surface area contributed by atoms with Gasteiger partial charge in [0.25, 0.3) is 0 Å². The van der Waals surface area contributed by atoms with Crippen molar-refractivity contribution in [3.63, 3.8) is 0 Å². The number of rotatable bonds is 8. The molecule has 2 N–H and O–H groups in total. The highest BCUT2D eigenvalue weighted by atomic mass is 16.1. The number of carbonyl (C=O) groups excluding carboxylic acids is 1. The molecule has 0 spiro atoms. The third-order valence-electron chi connectivity index (χ3n) is 3.01. The summed E-state index contributed by atoms with van der Waals surface area (Å²) in [7, 11) is 0. The Morgan fingerprint density at radius 2 is 1.44 bits per heavy atom. The van der Waals surface area contributed by atoms with Crippen LogP contribution in [-0.4, -0.2) is 5.91 Å². The molecule has 0 aliphatic rings. The molecule has 102 valence electrons.